The summed E-state index contributed by atoms with van der Waals surface area (Å²) < 4.78 is 25.5. The first-order valence-electron chi connectivity index (χ1n) is 13.6. The van der Waals surface area contributed by atoms with E-state index in [0.717, 1.165) is 64.2 Å². The highest BCUT2D eigenvalue weighted by molar-refractivity contribution is 5.93. The maximum atomic E-state index is 14.1. The van der Waals surface area contributed by atoms with Crippen molar-refractivity contribution in [3.8, 4) is 0 Å². The average Bonchev–Trinajstić information content (AvgIpc) is 2.75. The molecule has 34 heavy (non-hydrogen) atoms. The van der Waals surface area contributed by atoms with E-state index in [1.54, 1.807) is 0 Å². The molecule has 0 N–H and O–H groups in total. The van der Waals surface area contributed by atoms with E-state index < -0.39 is 34.3 Å². The SMILES string of the molecule is CCC(OC1CCCCC1)(C(=O)OC(C)(C)C)C(CC)(OC1CCCCC1)C(=O)OC(C)(C)C. The molecule has 2 aliphatic carbocycles. The van der Waals surface area contributed by atoms with Gasteiger partial charge in [-0.25, -0.2) is 9.59 Å². The summed E-state index contributed by atoms with van der Waals surface area (Å²) >= 11 is 0. The van der Waals surface area contributed by atoms with Crippen molar-refractivity contribution in [3.63, 3.8) is 0 Å². The minimum absolute atomic E-state index is 0.121. The molecular weight excluding hydrogens is 432 g/mol. The highest BCUT2D eigenvalue weighted by Crippen LogP contribution is 2.44. The molecule has 198 valence electrons. The quantitative estimate of drug-likeness (QED) is 0.342. The second-order valence-corrected chi connectivity index (χ2v) is 12.1. The molecule has 2 rings (SSSR count). The van der Waals surface area contributed by atoms with Gasteiger partial charge in [-0.05, 0) is 80.1 Å². The highest BCUT2D eigenvalue weighted by atomic mass is 16.6. The van der Waals surface area contributed by atoms with Gasteiger partial charge >= 0.3 is 11.9 Å². The van der Waals surface area contributed by atoms with Crippen LogP contribution in [0.1, 0.15) is 132 Å². The Balaban J connectivity index is 2.64. The lowest BCUT2D eigenvalue weighted by Crippen LogP contribution is -2.69. The first kappa shape index (κ1) is 29.1. The Labute approximate surface area is 207 Å². The zero-order valence-electron chi connectivity index (χ0n) is 23.1. The summed E-state index contributed by atoms with van der Waals surface area (Å²) in [5, 5.41) is 0. The molecule has 0 aromatic rings. The van der Waals surface area contributed by atoms with Crippen molar-refractivity contribution in [2.24, 2.45) is 0 Å². The van der Waals surface area contributed by atoms with Gasteiger partial charge in [0.25, 0.3) is 0 Å². The number of hydrogen-bond donors (Lipinski definition) is 0. The van der Waals surface area contributed by atoms with E-state index in [2.05, 4.69) is 0 Å². The molecule has 6 heteroatoms. The molecule has 0 aliphatic heterocycles. The molecule has 0 saturated heterocycles. The normalized spacial score (nSPS) is 22.5. The second kappa shape index (κ2) is 11.7. The molecule has 2 saturated carbocycles. The summed E-state index contributed by atoms with van der Waals surface area (Å²) in [6.45, 7) is 14.8. The fourth-order valence-electron chi connectivity index (χ4n) is 5.30. The number of esters is 2. The summed E-state index contributed by atoms with van der Waals surface area (Å²) in [6, 6.07) is 0. The standard InChI is InChI=1S/C28H50O6/c1-9-27(23(29)33-25(3,4)5,31-21-17-13-11-14-18-21)28(10-2,24(30)34-26(6,7)8)32-22-19-15-12-16-20-22/h21-22H,9-20H2,1-8H3. The van der Waals surface area contributed by atoms with Gasteiger partial charge in [0.1, 0.15) is 11.2 Å². The van der Waals surface area contributed by atoms with E-state index in [9.17, 15) is 9.59 Å². The Morgan fingerprint density at radius 3 is 1.12 bits per heavy atom. The van der Waals surface area contributed by atoms with E-state index in [-0.39, 0.29) is 25.0 Å². The first-order chi connectivity index (χ1) is 15.8. The Bertz CT molecular complexity index is 605. The number of rotatable bonds is 9. The van der Waals surface area contributed by atoms with E-state index in [4.69, 9.17) is 18.9 Å². The lowest BCUT2D eigenvalue weighted by molar-refractivity contribution is -0.268. The Hall–Kier alpha value is -1.14. The molecule has 2 aliphatic rings. The smallest absolute Gasteiger partial charge is 0.342 e. The van der Waals surface area contributed by atoms with Gasteiger partial charge in [0.05, 0.1) is 12.2 Å². The van der Waals surface area contributed by atoms with Crippen molar-refractivity contribution >= 4 is 11.9 Å². The molecule has 0 amide bonds. The van der Waals surface area contributed by atoms with Gasteiger partial charge in [0, 0.05) is 0 Å². The number of hydrogen-bond acceptors (Lipinski definition) is 6. The molecule has 0 heterocycles. The largest absolute Gasteiger partial charge is 0.458 e. The summed E-state index contributed by atoms with van der Waals surface area (Å²) in [7, 11) is 0. The monoisotopic (exact) mass is 482 g/mol. The van der Waals surface area contributed by atoms with E-state index in [1.165, 1.54) is 0 Å². The van der Waals surface area contributed by atoms with Crippen LogP contribution in [0.3, 0.4) is 0 Å². The van der Waals surface area contributed by atoms with Crippen LogP contribution in [0.2, 0.25) is 0 Å². The first-order valence-corrected chi connectivity index (χ1v) is 13.6. The van der Waals surface area contributed by atoms with Crippen LogP contribution < -0.4 is 0 Å². The van der Waals surface area contributed by atoms with Crippen molar-refractivity contribution in [1.29, 1.82) is 0 Å². The van der Waals surface area contributed by atoms with Crippen LogP contribution in [0, 0.1) is 0 Å². The van der Waals surface area contributed by atoms with Gasteiger partial charge in [-0.3, -0.25) is 0 Å². The predicted molar refractivity (Wildman–Crippen MR) is 134 cm³/mol. The zero-order chi connectivity index (χ0) is 25.6. The van der Waals surface area contributed by atoms with Crippen LogP contribution in [0.5, 0.6) is 0 Å². The van der Waals surface area contributed by atoms with Crippen LogP contribution in [-0.2, 0) is 28.5 Å². The molecule has 2 unspecified atom stereocenters. The minimum atomic E-state index is -1.59. The average molecular weight is 483 g/mol. The van der Waals surface area contributed by atoms with Crippen molar-refractivity contribution in [2.75, 3.05) is 0 Å². The predicted octanol–water partition coefficient (Wildman–Crippen LogP) is 6.67. The molecule has 0 aromatic heterocycles. The molecule has 0 spiro atoms. The lowest BCUT2D eigenvalue weighted by Gasteiger charge is -2.50. The molecule has 2 atom stereocenters. The van der Waals surface area contributed by atoms with E-state index >= 15 is 0 Å². The third-order valence-corrected chi connectivity index (χ3v) is 6.95. The van der Waals surface area contributed by atoms with Crippen molar-refractivity contribution in [1.82, 2.24) is 0 Å². The maximum Gasteiger partial charge on any atom is 0.342 e. The third-order valence-electron chi connectivity index (χ3n) is 6.95. The number of ether oxygens (including phenoxy) is 4. The fraction of sp³-hybridized carbons (Fsp3) is 0.929. The number of carbonyl (C=O) groups excluding carboxylic acids is 2. The van der Waals surface area contributed by atoms with E-state index in [1.807, 2.05) is 55.4 Å². The van der Waals surface area contributed by atoms with Gasteiger partial charge < -0.3 is 18.9 Å². The van der Waals surface area contributed by atoms with Crippen molar-refractivity contribution < 1.29 is 28.5 Å². The van der Waals surface area contributed by atoms with Crippen molar-refractivity contribution in [3.05, 3.63) is 0 Å². The summed E-state index contributed by atoms with van der Waals surface area (Å²) in [5.41, 5.74) is -4.63. The second-order valence-electron chi connectivity index (χ2n) is 12.1. The van der Waals surface area contributed by atoms with Gasteiger partial charge in [-0.15, -0.1) is 0 Å². The summed E-state index contributed by atoms with van der Waals surface area (Å²) in [4.78, 5) is 28.1. The molecule has 0 radical (unpaired) electrons. The van der Waals surface area contributed by atoms with Crippen molar-refractivity contribution in [2.45, 2.75) is 167 Å². The topological polar surface area (TPSA) is 71.1 Å². The Morgan fingerprint density at radius 1 is 0.588 bits per heavy atom. The molecule has 6 nitrogen and oxygen atoms in total. The summed E-state index contributed by atoms with van der Waals surface area (Å²) in [6.07, 6.45) is 10.3. The summed E-state index contributed by atoms with van der Waals surface area (Å²) in [5.74, 6) is -1.06. The maximum absolute atomic E-state index is 14.1. The Kier molecular flexibility index (Phi) is 10.0. The van der Waals surface area contributed by atoms with Crippen LogP contribution in [-0.4, -0.2) is 46.6 Å². The minimum Gasteiger partial charge on any atom is -0.458 e. The van der Waals surface area contributed by atoms with Crippen LogP contribution in [0.15, 0.2) is 0 Å². The van der Waals surface area contributed by atoms with Gasteiger partial charge in [0.2, 0.25) is 11.2 Å². The van der Waals surface area contributed by atoms with Crippen LogP contribution in [0.4, 0.5) is 0 Å². The fourth-order valence-corrected chi connectivity index (χ4v) is 5.30. The highest BCUT2D eigenvalue weighted by Gasteiger charge is 2.66. The van der Waals surface area contributed by atoms with E-state index in [0.29, 0.717) is 0 Å². The molecular formula is C28H50O6. The van der Waals surface area contributed by atoms with Crippen LogP contribution in [0.25, 0.3) is 0 Å². The van der Waals surface area contributed by atoms with Gasteiger partial charge in [-0.2, -0.15) is 0 Å². The zero-order valence-corrected chi connectivity index (χ0v) is 23.1. The van der Waals surface area contributed by atoms with Crippen LogP contribution >= 0.6 is 0 Å². The molecule has 0 aromatic carbocycles. The number of carbonyl (C=O) groups is 2. The van der Waals surface area contributed by atoms with Gasteiger partial charge in [0.15, 0.2) is 0 Å². The van der Waals surface area contributed by atoms with Gasteiger partial charge in [-0.1, -0.05) is 52.4 Å². The lowest BCUT2D eigenvalue weighted by atomic mass is 9.76. The third kappa shape index (κ3) is 7.19. The molecule has 0 bridgehead atoms. The molecule has 2 fully saturated rings. The Morgan fingerprint density at radius 2 is 0.882 bits per heavy atom.